The van der Waals surface area contributed by atoms with Gasteiger partial charge in [0.1, 0.15) is 0 Å². The number of carbonyl (C=O) groups is 1. The van der Waals surface area contributed by atoms with Gasteiger partial charge in [-0.3, -0.25) is 4.79 Å². The zero-order valence-corrected chi connectivity index (χ0v) is 11.8. The van der Waals surface area contributed by atoms with Gasteiger partial charge in [-0.1, -0.05) is 11.8 Å². The van der Waals surface area contributed by atoms with E-state index in [4.69, 9.17) is 5.11 Å². The maximum Gasteiger partial charge on any atom is 0.279 e. The molecule has 0 saturated heterocycles. The number of carbonyl (C=O) groups excluding carboxylic acids is 1. The Bertz CT molecular complexity index is 160. The van der Waals surface area contributed by atoms with Gasteiger partial charge in [0.2, 0.25) is 0 Å². The number of nitrogens with one attached hydrogen (secondary N) is 1. The number of thioether (sulfide) groups is 3. The van der Waals surface area contributed by atoms with Crippen LogP contribution in [0.5, 0.6) is 0 Å². The minimum atomic E-state index is 0.0411. The lowest BCUT2D eigenvalue weighted by atomic mass is 10.8. The summed E-state index contributed by atoms with van der Waals surface area (Å²) in [4.78, 5) is 11.2. The van der Waals surface area contributed by atoms with Crippen LogP contribution in [0, 0.1) is 0 Å². The Hall–Kier alpha value is 0.830. The molecular formula is C8H17NO2S4. The third kappa shape index (κ3) is 12.8. The molecule has 15 heavy (non-hydrogen) atoms. The molecule has 0 aromatic carbocycles. The van der Waals surface area contributed by atoms with Gasteiger partial charge in [0.25, 0.3) is 5.24 Å². The molecule has 0 rings (SSSR count). The minimum absolute atomic E-state index is 0.0411. The molecule has 2 N–H and O–H groups in total. The summed E-state index contributed by atoms with van der Waals surface area (Å²) in [5.74, 6) is 3.37. The summed E-state index contributed by atoms with van der Waals surface area (Å²) in [6.07, 6.45) is 0. The highest BCUT2D eigenvalue weighted by Gasteiger charge is 2.00. The topological polar surface area (TPSA) is 49.3 Å². The van der Waals surface area contributed by atoms with E-state index in [-0.39, 0.29) is 11.8 Å². The number of aliphatic hydroxyl groups is 1. The Morgan fingerprint density at radius 1 is 1.20 bits per heavy atom. The van der Waals surface area contributed by atoms with Gasteiger partial charge in [-0.25, -0.2) is 0 Å². The standard InChI is InChI=1S/C8H17NO2S4/c10-2-4-13-5-6-15-8(11)9-1-3-14-7-12/h10,12H,1-7H2,(H,9,11). The molecule has 0 unspecified atom stereocenters. The zero-order valence-electron chi connectivity index (χ0n) is 8.48. The number of rotatable bonds is 9. The number of hydrogen-bond donors (Lipinski definition) is 3. The molecule has 90 valence electrons. The molecule has 0 aromatic heterocycles. The molecule has 0 saturated carbocycles. The molecule has 0 heterocycles. The first-order valence-electron chi connectivity index (χ1n) is 4.59. The molecule has 0 bridgehead atoms. The van der Waals surface area contributed by atoms with E-state index >= 15 is 0 Å². The second-order valence-electron chi connectivity index (χ2n) is 2.44. The molecule has 0 aliphatic rings. The van der Waals surface area contributed by atoms with Gasteiger partial charge in [0, 0.05) is 34.6 Å². The van der Waals surface area contributed by atoms with Gasteiger partial charge in [-0.15, -0.1) is 11.8 Å². The predicted octanol–water partition coefficient (Wildman–Crippen LogP) is 1.78. The third-order valence-corrected chi connectivity index (χ3v) is 4.56. The van der Waals surface area contributed by atoms with Gasteiger partial charge in [0.05, 0.1) is 6.61 Å². The van der Waals surface area contributed by atoms with Crippen molar-refractivity contribution in [2.45, 2.75) is 0 Å². The summed E-state index contributed by atoms with van der Waals surface area (Å²) in [6.45, 7) is 0.920. The SMILES string of the molecule is O=C(NCCSCS)SCCSCCO. The van der Waals surface area contributed by atoms with Crippen LogP contribution in [0.15, 0.2) is 0 Å². The van der Waals surface area contributed by atoms with Crippen molar-refractivity contribution in [1.29, 1.82) is 0 Å². The molecule has 0 atom stereocenters. The van der Waals surface area contributed by atoms with Crippen LogP contribution in [0.1, 0.15) is 0 Å². The fraction of sp³-hybridized carbons (Fsp3) is 0.875. The summed E-state index contributed by atoms with van der Waals surface area (Å²) in [7, 11) is 0. The minimum Gasteiger partial charge on any atom is -0.396 e. The number of hydrogen-bond acceptors (Lipinski definition) is 6. The lowest BCUT2D eigenvalue weighted by Gasteiger charge is -2.03. The first-order chi connectivity index (χ1) is 7.31. The molecular weight excluding hydrogens is 270 g/mol. The zero-order chi connectivity index (χ0) is 11.4. The van der Waals surface area contributed by atoms with Crippen molar-refractivity contribution in [2.75, 3.05) is 41.2 Å². The van der Waals surface area contributed by atoms with Gasteiger partial charge in [-0.05, 0) is 0 Å². The summed E-state index contributed by atoms with van der Waals surface area (Å²) >= 11 is 8.72. The third-order valence-electron chi connectivity index (χ3n) is 1.30. The fourth-order valence-corrected chi connectivity index (χ4v) is 2.99. The van der Waals surface area contributed by atoms with E-state index in [1.54, 1.807) is 23.5 Å². The average molecular weight is 287 g/mol. The molecule has 0 fully saturated rings. The summed E-state index contributed by atoms with van der Waals surface area (Å²) in [6, 6.07) is 0. The summed E-state index contributed by atoms with van der Waals surface area (Å²) in [5.41, 5.74) is 0. The molecule has 0 aliphatic heterocycles. The Labute approximate surface area is 109 Å². The highest BCUT2D eigenvalue weighted by atomic mass is 32.2. The van der Waals surface area contributed by atoms with E-state index in [0.717, 1.165) is 28.1 Å². The Balaban J connectivity index is 3.11. The van der Waals surface area contributed by atoms with E-state index in [0.29, 0.717) is 6.54 Å². The van der Waals surface area contributed by atoms with Crippen molar-refractivity contribution in [2.24, 2.45) is 0 Å². The summed E-state index contributed by atoms with van der Waals surface area (Å²) in [5, 5.41) is 12.2. The quantitative estimate of drug-likeness (QED) is 0.343. The van der Waals surface area contributed by atoms with E-state index in [9.17, 15) is 4.79 Å². The normalized spacial score (nSPS) is 10.3. The van der Waals surface area contributed by atoms with Crippen molar-refractivity contribution in [1.82, 2.24) is 5.32 Å². The van der Waals surface area contributed by atoms with Crippen LogP contribution in [0.2, 0.25) is 0 Å². The Morgan fingerprint density at radius 2 is 2.00 bits per heavy atom. The molecule has 0 radical (unpaired) electrons. The van der Waals surface area contributed by atoms with Crippen LogP contribution in [0.3, 0.4) is 0 Å². The number of aliphatic hydroxyl groups excluding tert-OH is 1. The molecule has 7 heteroatoms. The van der Waals surface area contributed by atoms with Crippen molar-refractivity contribution in [3.05, 3.63) is 0 Å². The maximum atomic E-state index is 11.2. The lowest BCUT2D eigenvalue weighted by Crippen LogP contribution is -2.21. The number of thiol groups is 1. The molecule has 0 aromatic rings. The molecule has 0 spiro atoms. The van der Waals surface area contributed by atoms with Crippen LogP contribution in [-0.4, -0.2) is 51.6 Å². The van der Waals surface area contributed by atoms with Crippen LogP contribution in [0.4, 0.5) is 4.79 Å². The Kier molecular flexibility index (Phi) is 13.6. The van der Waals surface area contributed by atoms with Crippen LogP contribution < -0.4 is 5.32 Å². The second-order valence-corrected chi connectivity index (χ2v) is 6.58. The largest absolute Gasteiger partial charge is 0.396 e. The smallest absolute Gasteiger partial charge is 0.279 e. The van der Waals surface area contributed by atoms with Crippen molar-refractivity contribution in [3.63, 3.8) is 0 Å². The van der Waals surface area contributed by atoms with E-state index in [1.165, 1.54) is 11.8 Å². The van der Waals surface area contributed by atoms with Gasteiger partial charge >= 0.3 is 0 Å². The summed E-state index contributed by atoms with van der Waals surface area (Å²) < 4.78 is 0. The first-order valence-corrected chi connectivity index (χ1v) is 8.52. The van der Waals surface area contributed by atoms with E-state index in [1.807, 2.05) is 0 Å². The average Bonchev–Trinajstić information content (AvgIpc) is 2.24. The van der Waals surface area contributed by atoms with Gasteiger partial charge in [0.15, 0.2) is 0 Å². The monoisotopic (exact) mass is 287 g/mol. The first kappa shape index (κ1) is 15.8. The van der Waals surface area contributed by atoms with Gasteiger partial charge < -0.3 is 10.4 Å². The molecule has 1 amide bonds. The predicted molar refractivity (Wildman–Crippen MR) is 76.6 cm³/mol. The molecule has 3 nitrogen and oxygen atoms in total. The van der Waals surface area contributed by atoms with E-state index in [2.05, 4.69) is 17.9 Å². The lowest BCUT2D eigenvalue weighted by molar-refractivity contribution is 0.261. The highest BCUT2D eigenvalue weighted by Crippen LogP contribution is 2.07. The second kappa shape index (κ2) is 12.9. The van der Waals surface area contributed by atoms with Crippen LogP contribution >= 0.6 is 47.9 Å². The van der Waals surface area contributed by atoms with Crippen molar-refractivity contribution in [3.8, 4) is 0 Å². The Morgan fingerprint density at radius 3 is 2.67 bits per heavy atom. The highest BCUT2D eigenvalue weighted by molar-refractivity contribution is 8.14. The van der Waals surface area contributed by atoms with E-state index < -0.39 is 0 Å². The van der Waals surface area contributed by atoms with Crippen molar-refractivity contribution < 1.29 is 9.90 Å². The van der Waals surface area contributed by atoms with Gasteiger partial charge in [-0.2, -0.15) is 24.4 Å². The maximum absolute atomic E-state index is 11.2. The van der Waals surface area contributed by atoms with Crippen LogP contribution in [0.25, 0.3) is 0 Å². The fourth-order valence-electron chi connectivity index (χ4n) is 0.701. The van der Waals surface area contributed by atoms with Crippen molar-refractivity contribution >= 4 is 53.2 Å². The number of amides is 1. The van der Waals surface area contributed by atoms with Crippen LogP contribution in [-0.2, 0) is 0 Å². The molecule has 0 aliphatic carbocycles.